The fourth-order valence-electron chi connectivity index (χ4n) is 1.92. The Morgan fingerprint density at radius 2 is 2.00 bits per heavy atom. The van der Waals surface area contributed by atoms with Crippen LogP contribution in [0.5, 0.6) is 0 Å². The average Bonchev–Trinajstić information content (AvgIpc) is 2.27. The summed E-state index contributed by atoms with van der Waals surface area (Å²) in [5.74, 6) is 0. The van der Waals surface area contributed by atoms with Crippen LogP contribution in [-0.4, -0.2) is 25.7 Å². The first-order valence-corrected chi connectivity index (χ1v) is 7.72. The van der Waals surface area contributed by atoms with Crippen molar-refractivity contribution in [3.63, 3.8) is 0 Å². The molecule has 0 bridgehead atoms. The second-order valence-electron chi connectivity index (χ2n) is 4.47. The number of hydrogen-bond acceptors (Lipinski definition) is 3. The molecule has 2 N–H and O–H groups in total. The Bertz CT molecular complexity index is 550. The van der Waals surface area contributed by atoms with Gasteiger partial charge in [-0.05, 0) is 37.5 Å². The summed E-state index contributed by atoms with van der Waals surface area (Å²) in [6.45, 7) is -0.218. The second kappa shape index (κ2) is 4.98. The number of aliphatic hydroxyl groups excluding tert-OH is 1. The number of benzene rings is 1. The van der Waals surface area contributed by atoms with Gasteiger partial charge in [-0.3, -0.25) is 0 Å². The van der Waals surface area contributed by atoms with Gasteiger partial charge in [0, 0.05) is 5.02 Å². The molecular weight excluding hydrogens is 297 g/mol. The van der Waals surface area contributed by atoms with Crippen LogP contribution in [0.15, 0.2) is 23.1 Å². The first-order chi connectivity index (χ1) is 8.38. The predicted octanol–water partition coefficient (Wildman–Crippen LogP) is 2.19. The molecule has 1 fully saturated rings. The number of aliphatic hydroxyl groups is 1. The van der Waals surface area contributed by atoms with Crippen molar-refractivity contribution in [3.8, 4) is 0 Å². The highest BCUT2D eigenvalue weighted by atomic mass is 35.5. The Morgan fingerprint density at radius 3 is 2.50 bits per heavy atom. The molecular formula is C11H13Cl2NO3S. The lowest BCUT2D eigenvalue weighted by Crippen LogP contribution is -2.55. The Balaban J connectivity index is 2.33. The van der Waals surface area contributed by atoms with Crippen molar-refractivity contribution in [2.45, 2.75) is 29.7 Å². The number of nitrogens with one attached hydrogen (secondary N) is 1. The van der Waals surface area contributed by atoms with Gasteiger partial charge in [0.25, 0.3) is 0 Å². The Labute approximate surface area is 116 Å². The molecule has 1 aliphatic rings. The van der Waals surface area contributed by atoms with E-state index in [4.69, 9.17) is 23.2 Å². The summed E-state index contributed by atoms with van der Waals surface area (Å²) in [6.07, 6.45) is 2.15. The summed E-state index contributed by atoms with van der Waals surface area (Å²) in [6, 6.07) is 4.26. The molecule has 0 atom stereocenters. The molecule has 18 heavy (non-hydrogen) atoms. The lowest BCUT2D eigenvalue weighted by atomic mass is 9.78. The average molecular weight is 310 g/mol. The minimum Gasteiger partial charge on any atom is -0.394 e. The number of rotatable bonds is 4. The van der Waals surface area contributed by atoms with E-state index in [1.807, 2.05) is 0 Å². The maximum absolute atomic E-state index is 12.2. The van der Waals surface area contributed by atoms with Crippen LogP contribution < -0.4 is 4.72 Å². The van der Waals surface area contributed by atoms with Crippen LogP contribution in [0, 0.1) is 0 Å². The first kappa shape index (κ1) is 14.1. The third-order valence-electron chi connectivity index (χ3n) is 3.15. The molecule has 1 aromatic rings. The van der Waals surface area contributed by atoms with E-state index in [-0.39, 0.29) is 16.5 Å². The molecule has 1 saturated carbocycles. The molecule has 0 unspecified atom stereocenters. The van der Waals surface area contributed by atoms with E-state index in [9.17, 15) is 13.5 Å². The zero-order valence-corrected chi connectivity index (χ0v) is 11.8. The minimum absolute atomic E-state index is 0.0589. The second-order valence-corrected chi connectivity index (χ2v) is 6.97. The van der Waals surface area contributed by atoms with Crippen LogP contribution >= 0.6 is 23.2 Å². The fourth-order valence-corrected chi connectivity index (χ4v) is 4.13. The van der Waals surface area contributed by atoms with Crippen molar-refractivity contribution in [1.82, 2.24) is 4.72 Å². The Hall–Kier alpha value is -0.330. The molecule has 0 spiro atoms. The van der Waals surface area contributed by atoms with Crippen LogP contribution in [0.4, 0.5) is 0 Å². The molecule has 0 aromatic heterocycles. The molecule has 0 heterocycles. The van der Waals surface area contributed by atoms with Gasteiger partial charge in [-0.15, -0.1) is 0 Å². The van der Waals surface area contributed by atoms with E-state index in [1.165, 1.54) is 18.2 Å². The molecule has 1 aromatic carbocycles. The zero-order valence-electron chi connectivity index (χ0n) is 9.49. The largest absolute Gasteiger partial charge is 0.394 e. The molecule has 2 rings (SSSR count). The topological polar surface area (TPSA) is 66.4 Å². The number of sulfonamides is 1. The van der Waals surface area contributed by atoms with Gasteiger partial charge in [0.1, 0.15) is 4.90 Å². The van der Waals surface area contributed by atoms with E-state index < -0.39 is 15.6 Å². The monoisotopic (exact) mass is 309 g/mol. The minimum atomic E-state index is -3.77. The number of halogens is 2. The van der Waals surface area contributed by atoms with Crippen molar-refractivity contribution in [3.05, 3.63) is 28.2 Å². The van der Waals surface area contributed by atoms with Gasteiger partial charge in [0.05, 0.1) is 17.2 Å². The van der Waals surface area contributed by atoms with Crippen LogP contribution in [0.25, 0.3) is 0 Å². The summed E-state index contributed by atoms with van der Waals surface area (Å²) in [5, 5.41) is 9.69. The highest BCUT2D eigenvalue weighted by molar-refractivity contribution is 7.89. The molecule has 4 nitrogen and oxygen atoms in total. The third-order valence-corrected chi connectivity index (χ3v) is 5.44. The van der Waals surface area contributed by atoms with Gasteiger partial charge in [-0.2, -0.15) is 0 Å². The Kier molecular flexibility index (Phi) is 3.90. The highest BCUT2D eigenvalue weighted by Gasteiger charge is 2.40. The van der Waals surface area contributed by atoms with Gasteiger partial charge < -0.3 is 5.11 Å². The molecule has 1 aliphatic carbocycles. The molecule has 100 valence electrons. The molecule has 0 saturated heterocycles. The lowest BCUT2D eigenvalue weighted by Gasteiger charge is -2.40. The molecule has 0 amide bonds. The molecule has 0 radical (unpaired) electrons. The normalized spacial score (nSPS) is 18.4. The summed E-state index contributed by atoms with van der Waals surface area (Å²) in [7, 11) is -3.77. The van der Waals surface area contributed by atoms with Crippen LogP contribution in [-0.2, 0) is 10.0 Å². The van der Waals surface area contributed by atoms with E-state index in [0.29, 0.717) is 17.9 Å². The standard InChI is InChI=1S/C11H13Cl2NO3S/c12-8-2-3-9(13)10(6-8)18(16,17)14-11(7-15)4-1-5-11/h2-3,6,14-15H,1,4-5,7H2. The van der Waals surface area contributed by atoms with E-state index in [1.54, 1.807) is 0 Å². The van der Waals surface area contributed by atoms with Crippen LogP contribution in [0.1, 0.15) is 19.3 Å². The summed E-state index contributed by atoms with van der Waals surface area (Å²) >= 11 is 11.6. The highest BCUT2D eigenvalue weighted by Crippen LogP contribution is 2.34. The first-order valence-electron chi connectivity index (χ1n) is 5.48. The maximum Gasteiger partial charge on any atom is 0.242 e. The summed E-state index contributed by atoms with van der Waals surface area (Å²) in [5.41, 5.74) is -0.746. The fraction of sp³-hybridized carbons (Fsp3) is 0.455. The summed E-state index contributed by atoms with van der Waals surface area (Å²) in [4.78, 5) is -0.0589. The van der Waals surface area contributed by atoms with E-state index in [2.05, 4.69) is 4.72 Å². The lowest BCUT2D eigenvalue weighted by molar-refractivity contribution is 0.110. The number of hydrogen-bond donors (Lipinski definition) is 2. The maximum atomic E-state index is 12.2. The van der Waals surface area contributed by atoms with E-state index in [0.717, 1.165) is 6.42 Å². The van der Waals surface area contributed by atoms with Gasteiger partial charge in [-0.25, -0.2) is 13.1 Å². The van der Waals surface area contributed by atoms with Gasteiger partial charge in [0.2, 0.25) is 10.0 Å². The molecule has 0 aliphatic heterocycles. The predicted molar refractivity (Wildman–Crippen MR) is 70.5 cm³/mol. The quantitative estimate of drug-likeness (QED) is 0.896. The van der Waals surface area contributed by atoms with Crippen molar-refractivity contribution in [2.24, 2.45) is 0 Å². The van der Waals surface area contributed by atoms with Crippen molar-refractivity contribution in [2.75, 3.05) is 6.61 Å². The van der Waals surface area contributed by atoms with Crippen molar-refractivity contribution < 1.29 is 13.5 Å². The van der Waals surface area contributed by atoms with Crippen LogP contribution in [0.2, 0.25) is 10.0 Å². The van der Waals surface area contributed by atoms with E-state index >= 15 is 0 Å². The molecule has 7 heteroatoms. The zero-order chi connectivity index (χ0) is 13.4. The van der Waals surface area contributed by atoms with Gasteiger partial charge in [-0.1, -0.05) is 23.2 Å². The SMILES string of the molecule is O=S(=O)(NC1(CO)CCC1)c1cc(Cl)ccc1Cl. The third kappa shape index (κ3) is 2.65. The van der Waals surface area contributed by atoms with Crippen molar-refractivity contribution in [1.29, 1.82) is 0 Å². The van der Waals surface area contributed by atoms with Crippen molar-refractivity contribution >= 4 is 33.2 Å². The Morgan fingerprint density at radius 1 is 1.33 bits per heavy atom. The van der Waals surface area contributed by atoms with Gasteiger partial charge in [0.15, 0.2) is 0 Å². The van der Waals surface area contributed by atoms with Crippen LogP contribution in [0.3, 0.4) is 0 Å². The van der Waals surface area contributed by atoms with Gasteiger partial charge >= 0.3 is 0 Å². The summed E-state index contributed by atoms with van der Waals surface area (Å²) < 4.78 is 26.9. The smallest absolute Gasteiger partial charge is 0.242 e.